The van der Waals surface area contributed by atoms with Crippen LogP contribution < -0.4 is 10.2 Å². The van der Waals surface area contributed by atoms with E-state index in [9.17, 15) is 4.79 Å². The van der Waals surface area contributed by atoms with Gasteiger partial charge in [-0.3, -0.25) is 14.7 Å². The van der Waals surface area contributed by atoms with Crippen molar-refractivity contribution in [2.24, 2.45) is 5.92 Å². The molecule has 4 aliphatic rings. The molecule has 0 spiro atoms. The van der Waals surface area contributed by atoms with Gasteiger partial charge in [-0.25, -0.2) is 0 Å². The van der Waals surface area contributed by atoms with E-state index in [0.717, 1.165) is 42.6 Å². The number of methoxy groups -OCH3 is 1. The van der Waals surface area contributed by atoms with Crippen molar-refractivity contribution in [1.29, 1.82) is 0 Å². The molecule has 0 aliphatic carbocycles. The number of amides is 1. The highest BCUT2D eigenvalue weighted by molar-refractivity contribution is 6.05. The van der Waals surface area contributed by atoms with Gasteiger partial charge in [-0.15, -0.1) is 0 Å². The lowest BCUT2D eigenvalue weighted by atomic mass is 9.84. The Balaban J connectivity index is 0.000000687. The number of nitrogens with zero attached hydrogens (tertiary/aromatic N) is 3. The number of fused-ring (bicyclic) bond motifs is 4. The second-order valence-electron chi connectivity index (χ2n) is 8.22. The van der Waals surface area contributed by atoms with E-state index in [-0.39, 0.29) is 18.4 Å². The standard InChI is InChI=1S/C20H27N5O2.CH2O2/c1-27-15-6-9-25(11-15)14-2-3-16-17(10-14)22-23-19(16)20(26)21-18-12-24-7-4-13(18)5-8-24;2-1-3/h2-3,10,13,15,18H,4-9,11-12H2,1H3,(H,21,26)(H,22,23);1H,(H,2,3)/t15-,18?;/m1./s1. The number of piperidine rings is 3. The van der Waals surface area contributed by atoms with Crippen molar-refractivity contribution in [1.82, 2.24) is 20.4 Å². The average molecular weight is 415 g/mol. The Morgan fingerprint density at radius 2 is 2.03 bits per heavy atom. The number of H-pyrrole nitrogens is 1. The number of carboxylic acid groups (broad SMARTS) is 1. The Kier molecular flexibility index (Phi) is 6.19. The Labute approximate surface area is 175 Å². The molecule has 4 aliphatic heterocycles. The Bertz CT molecular complexity index is 893. The van der Waals surface area contributed by atoms with E-state index in [2.05, 4.69) is 37.4 Å². The molecule has 5 heterocycles. The predicted octanol–water partition coefficient (Wildman–Crippen LogP) is 1.31. The zero-order valence-electron chi connectivity index (χ0n) is 17.2. The van der Waals surface area contributed by atoms with E-state index in [1.54, 1.807) is 7.11 Å². The lowest BCUT2D eigenvalue weighted by Gasteiger charge is -2.44. The van der Waals surface area contributed by atoms with Crippen molar-refractivity contribution in [2.45, 2.75) is 31.4 Å². The molecule has 9 heteroatoms. The van der Waals surface area contributed by atoms with E-state index in [0.29, 0.717) is 17.7 Å². The normalized spacial score (nSPS) is 27.6. The van der Waals surface area contributed by atoms with Crippen LogP contribution in [0.15, 0.2) is 18.2 Å². The van der Waals surface area contributed by atoms with Gasteiger partial charge in [-0.1, -0.05) is 0 Å². The van der Waals surface area contributed by atoms with Crippen molar-refractivity contribution in [2.75, 3.05) is 44.7 Å². The number of carbonyl (C=O) groups excluding carboxylic acids is 1. The molecule has 1 aromatic carbocycles. The summed E-state index contributed by atoms with van der Waals surface area (Å²) in [6.45, 7) is 4.96. The van der Waals surface area contributed by atoms with Crippen LogP contribution in [0.25, 0.3) is 10.9 Å². The average Bonchev–Trinajstić information content (AvgIpc) is 3.42. The number of rotatable bonds is 4. The molecule has 6 rings (SSSR count). The highest BCUT2D eigenvalue weighted by Gasteiger charge is 2.35. The molecule has 2 bridgehead atoms. The first kappa shape index (κ1) is 20.6. The maximum absolute atomic E-state index is 12.8. The second-order valence-corrected chi connectivity index (χ2v) is 8.22. The molecule has 1 amide bonds. The van der Waals surface area contributed by atoms with E-state index >= 15 is 0 Å². The number of carbonyl (C=O) groups is 2. The fourth-order valence-corrected chi connectivity index (χ4v) is 4.90. The van der Waals surface area contributed by atoms with Crippen LogP contribution in [0.4, 0.5) is 5.69 Å². The molecular formula is C21H29N5O4. The molecule has 0 radical (unpaired) electrons. The van der Waals surface area contributed by atoms with Crippen LogP contribution in [0.2, 0.25) is 0 Å². The van der Waals surface area contributed by atoms with Crippen molar-refractivity contribution in [3.05, 3.63) is 23.9 Å². The zero-order chi connectivity index (χ0) is 21.1. The minimum absolute atomic E-state index is 0.0617. The number of hydrogen-bond donors (Lipinski definition) is 3. The summed E-state index contributed by atoms with van der Waals surface area (Å²) in [6.07, 6.45) is 3.72. The quantitative estimate of drug-likeness (QED) is 0.646. The maximum atomic E-state index is 12.8. The van der Waals surface area contributed by atoms with Crippen molar-refractivity contribution < 1.29 is 19.4 Å². The summed E-state index contributed by atoms with van der Waals surface area (Å²) >= 11 is 0. The number of nitrogens with one attached hydrogen (secondary N) is 2. The molecule has 30 heavy (non-hydrogen) atoms. The monoisotopic (exact) mass is 415 g/mol. The van der Waals surface area contributed by atoms with Crippen LogP contribution in [0, 0.1) is 5.92 Å². The number of anilines is 1. The lowest BCUT2D eigenvalue weighted by Crippen LogP contribution is -2.57. The van der Waals surface area contributed by atoms with Crippen molar-refractivity contribution in [3.63, 3.8) is 0 Å². The van der Waals surface area contributed by atoms with Gasteiger partial charge in [0.25, 0.3) is 12.4 Å². The zero-order valence-corrected chi connectivity index (χ0v) is 17.2. The van der Waals surface area contributed by atoms with Crippen LogP contribution in [-0.2, 0) is 9.53 Å². The third-order valence-electron chi connectivity index (χ3n) is 6.58. The van der Waals surface area contributed by atoms with Gasteiger partial charge in [-0.2, -0.15) is 5.10 Å². The van der Waals surface area contributed by atoms with E-state index in [4.69, 9.17) is 14.6 Å². The van der Waals surface area contributed by atoms with Gasteiger partial charge in [-0.05, 0) is 56.5 Å². The maximum Gasteiger partial charge on any atom is 0.290 e. The topological polar surface area (TPSA) is 111 Å². The summed E-state index contributed by atoms with van der Waals surface area (Å²) in [5, 5.41) is 18.4. The highest BCUT2D eigenvalue weighted by Crippen LogP contribution is 2.29. The molecule has 9 nitrogen and oxygen atoms in total. The van der Waals surface area contributed by atoms with E-state index in [1.165, 1.54) is 25.9 Å². The SMILES string of the molecule is CO[C@@H]1CCN(c2ccc3c(C(=O)NC4CN5CCC4CC5)n[nH]c3c2)C1.O=CO. The molecule has 2 aromatic rings. The number of aromatic nitrogens is 2. The lowest BCUT2D eigenvalue weighted by molar-refractivity contribution is -0.122. The fraction of sp³-hybridized carbons (Fsp3) is 0.571. The smallest absolute Gasteiger partial charge is 0.290 e. The van der Waals surface area contributed by atoms with Gasteiger partial charge >= 0.3 is 0 Å². The molecule has 1 aromatic heterocycles. The highest BCUT2D eigenvalue weighted by atomic mass is 16.5. The summed E-state index contributed by atoms with van der Waals surface area (Å²) in [6, 6.07) is 6.44. The van der Waals surface area contributed by atoms with Crippen molar-refractivity contribution >= 4 is 29.0 Å². The first-order chi connectivity index (χ1) is 14.6. The van der Waals surface area contributed by atoms with Gasteiger partial charge in [0.15, 0.2) is 5.69 Å². The number of aromatic amines is 1. The van der Waals surface area contributed by atoms with Crippen molar-refractivity contribution in [3.8, 4) is 0 Å². The molecule has 4 fully saturated rings. The van der Waals surface area contributed by atoms with E-state index in [1.807, 2.05) is 6.07 Å². The number of ether oxygens (including phenoxy) is 1. The van der Waals surface area contributed by atoms with Crippen LogP contribution in [0.1, 0.15) is 29.8 Å². The summed E-state index contributed by atoms with van der Waals surface area (Å²) in [5.41, 5.74) is 2.56. The predicted molar refractivity (Wildman–Crippen MR) is 113 cm³/mol. The Morgan fingerprint density at radius 1 is 1.27 bits per heavy atom. The minimum Gasteiger partial charge on any atom is -0.483 e. The first-order valence-corrected chi connectivity index (χ1v) is 10.5. The number of benzene rings is 1. The van der Waals surface area contributed by atoms with Crippen LogP contribution >= 0.6 is 0 Å². The van der Waals surface area contributed by atoms with Gasteiger partial charge in [0.2, 0.25) is 0 Å². The van der Waals surface area contributed by atoms with Gasteiger partial charge in [0.1, 0.15) is 0 Å². The third-order valence-corrected chi connectivity index (χ3v) is 6.58. The molecular weight excluding hydrogens is 386 g/mol. The molecule has 2 atom stereocenters. The van der Waals surface area contributed by atoms with Gasteiger partial charge in [0.05, 0.1) is 11.6 Å². The molecule has 1 unspecified atom stereocenters. The Morgan fingerprint density at radius 3 is 2.67 bits per heavy atom. The minimum atomic E-state index is -0.250. The number of hydrogen-bond acceptors (Lipinski definition) is 6. The van der Waals surface area contributed by atoms with Crippen LogP contribution in [0.5, 0.6) is 0 Å². The summed E-state index contributed by atoms with van der Waals surface area (Å²) in [7, 11) is 1.77. The fourth-order valence-electron chi connectivity index (χ4n) is 4.90. The second kappa shape index (κ2) is 9.01. The molecule has 0 saturated carbocycles. The summed E-state index contributed by atoms with van der Waals surface area (Å²) < 4.78 is 5.46. The first-order valence-electron chi connectivity index (χ1n) is 10.5. The largest absolute Gasteiger partial charge is 0.483 e. The molecule has 4 saturated heterocycles. The van der Waals surface area contributed by atoms with Gasteiger partial charge in [0, 0.05) is 43.9 Å². The van der Waals surface area contributed by atoms with E-state index < -0.39 is 0 Å². The van der Waals surface area contributed by atoms with Crippen LogP contribution in [-0.4, -0.2) is 84.6 Å². The summed E-state index contributed by atoms with van der Waals surface area (Å²) in [5.74, 6) is 0.549. The third kappa shape index (κ3) is 4.13. The van der Waals surface area contributed by atoms with Crippen LogP contribution in [0.3, 0.4) is 0 Å². The molecule has 162 valence electrons. The molecule has 3 N–H and O–H groups in total. The summed E-state index contributed by atoms with van der Waals surface area (Å²) in [4.78, 5) is 26.0. The Hall–Kier alpha value is -2.65. The van der Waals surface area contributed by atoms with Gasteiger partial charge < -0.3 is 25.0 Å².